The van der Waals surface area contributed by atoms with E-state index in [4.69, 9.17) is 0 Å². The lowest BCUT2D eigenvalue weighted by Crippen LogP contribution is -2.38. The summed E-state index contributed by atoms with van der Waals surface area (Å²) in [6.45, 7) is 1.26. The van der Waals surface area contributed by atoms with E-state index in [1.165, 1.54) is 37.8 Å². The van der Waals surface area contributed by atoms with E-state index in [1.807, 2.05) is 0 Å². The molecule has 1 heterocycles. The van der Waals surface area contributed by atoms with Gasteiger partial charge in [0.2, 0.25) is 0 Å². The molecule has 17 heavy (non-hydrogen) atoms. The van der Waals surface area contributed by atoms with Crippen LogP contribution in [0.5, 0.6) is 0 Å². The van der Waals surface area contributed by atoms with Gasteiger partial charge in [0.1, 0.15) is 0 Å². The second kappa shape index (κ2) is 6.18. The molecule has 1 N–H and O–H groups in total. The standard InChI is InChI=1S/C15H24N2/c1-16-15(13-8-4-3-5-9-13)12-14-10-6-7-11-17(14)2/h3-5,8-9,14-16H,6-7,10-12H2,1-2H3. The van der Waals surface area contributed by atoms with E-state index < -0.39 is 0 Å². The summed E-state index contributed by atoms with van der Waals surface area (Å²) in [7, 11) is 4.34. The molecule has 0 aliphatic carbocycles. The van der Waals surface area contributed by atoms with Crippen LogP contribution in [0.3, 0.4) is 0 Å². The molecule has 2 atom stereocenters. The van der Waals surface area contributed by atoms with Crippen molar-refractivity contribution in [3.8, 4) is 0 Å². The molecular weight excluding hydrogens is 208 g/mol. The van der Waals surface area contributed by atoms with Crippen molar-refractivity contribution in [3.05, 3.63) is 35.9 Å². The van der Waals surface area contributed by atoms with Gasteiger partial charge in [-0.25, -0.2) is 0 Å². The van der Waals surface area contributed by atoms with Crippen LogP contribution in [0.15, 0.2) is 30.3 Å². The summed E-state index contributed by atoms with van der Waals surface area (Å²) in [4.78, 5) is 2.52. The van der Waals surface area contributed by atoms with Crippen molar-refractivity contribution in [2.24, 2.45) is 0 Å². The maximum absolute atomic E-state index is 3.46. The Labute approximate surface area is 105 Å². The molecule has 2 heteroatoms. The van der Waals surface area contributed by atoms with Gasteiger partial charge >= 0.3 is 0 Å². The average molecular weight is 232 g/mol. The minimum absolute atomic E-state index is 0.488. The van der Waals surface area contributed by atoms with Gasteiger partial charge in [-0.1, -0.05) is 36.8 Å². The number of hydrogen-bond donors (Lipinski definition) is 1. The molecule has 0 saturated carbocycles. The molecule has 1 aromatic rings. The second-order valence-corrected chi connectivity index (χ2v) is 5.12. The van der Waals surface area contributed by atoms with Crippen molar-refractivity contribution in [1.29, 1.82) is 0 Å². The van der Waals surface area contributed by atoms with Crippen molar-refractivity contribution in [2.45, 2.75) is 37.8 Å². The summed E-state index contributed by atoms with van der Waals surface area (Å²) in [5.74, 6) is 0. The first kappa shape index (κ1) is 12.6. The zero-order chi connectivity index (χ0) is 12.1. The Bertz CT molecular complexity index is 323. The van der Waals surface area contributed by atoms with E-state index in [0.717, 1.165) is 6.04 Å². The summed E-state index contributed by atoms with van der Waals surface area (Å²) >= 11 is 0. The van der Waals surface area contributed by atoms with Gasteiger partial charge in [-0.2, -0.15) is 0 Å². The van der Waals surface area contributed by atoms with Crippen molar-refractivity contribution in [1.82, 2.24) is 10.2 Å². The lowest BCUT2D eigenvalue weighted by molar-refractivity contribution is 0.164. The molecule has 94 valence electrons. The summed E-state index contributed by atoms with van der Waals surface area (Å²) < 4.78 is 0. The van der Waals surface area contributed by atoms with Gasteiger partial charge in [0.05, 0.1) is 0 Å². The molecule has 1 aromatic carbocycles. The van der Waals surface area contributed by atoms with Crippen LogP contribution in [0.2, 0.25) is 0 Å². The first-order valence-electron chi connectivity index (χ1n) is 6.73. The van der Waals surface area contributed by atoms with Crippen LogP contribution in [0.1, 0.15) is 37.3 Å². The largest absolute Gasteiger partial charge is 0.313 e. The van der Waals surface area contributed by atoms with Crippen molar-refractivity contribution in [3.63, 3.8) is 0 Å². The molecule has 1 aliphatic heterocycles. The third kappa shape index (κ3) is 3.30. The van der Waals surface area contributed by atoms with Gasteiger partial charge < -0.3 is 10.2 Å². The fraction of sp³-hybridized carbons (Fsp3) is 0.600. The third-order valence-electron chi connectivity index (χ3n) is 3.98. The van der Waals surface area contributed by atoms with Crippen molar-refractivity contribution in [2.75, 3.05) is 20.6 Å². The average Bonchev–Trinajstić information content (AvgIpc) is 2.39. The number of piperidine rings is 1. The molecule has 2 rings (SSSR count). The molecule has 1 fully saturated rings. The molecule has 0 amide bonds. The van der Waals surface area contributed by atoms with Crippen LogP contribution in [0.25, 0.3) is 0 Å². The van der Waals surface area contributed by atoms with E-state index in [-0.39, 0.29) is 0 Å². The van der Waals surface area contributed by atoms with Crippen LogP contribution < -0.4 is 5.32 Å². The second-order valence-electron chi connectivity index (χ2n) is 5.12. The van der Waals surface area contributed by atoms with Crippen molar-refractivity contribution >= 4 is 0 Å². The van der Waals surface area contributed by atoms with E-state index in [1.54, 1.807) is 0 Å². The van der Waals surface area contributed by atoms with Gasteiger partial charge in [-0.05, 0) is 45.5 Å². The van der Waals surface area contributed by atoms with Gasteiger partial charge in [0, 0.05) is 12.1 Å². The SMILES string of the molecule is CNC(CC1CCCCN1C)c1ccccc1. The quantitative estimate of drug-likeness (QED) is 0.858. The fourth-order valence-electron chi connectivity index (χ4n) is 2.82. The molecule has 2 nitrogen and oxygen atoms in total. The summed E-state index contributed by atoms with van der Waals surface area (Å²) in [6.07, 6.45) is 5.32. The number of likely N-dealkylation sites (tertiary alicyclic amines) is 1. The van der Waals surface area contributed by atoms with E-state index in [0.29, 0.717) is 6.04 Å². The van der Waals surface area contributed by atoms with Crippen LogP contribution >= 0.6 is 0 Å². The molecular formula is C15H24N2. The minimum atomic E-state index is 0.488. The highest BCUT2D eigenvalue weighted by molar-refractivity contribution is 5.19. The maximum Gasteiger partial charge on any atom is 0.0332 e. The molecule has 0 aromatic heterocycles. The first-order chi connectivity index (χ1) is 8.31. The third-order valence-corrected chi connectivity index (χ3v) is 3.98. The zero-order valence-electron chi connectivity index (χ0n) is 11.0. The van der Waals surface area contributed by atoms with E-state index in [2.05, 4.69) is 54.6 Å². The first-order valence-corrected chi connectivity index (χ1v) is 6.73. The van der Waals surface area contributed by atoms with Gasteiger partial charge in [0.15, 0.2) is 0 Å². The number of nitrogens with one attached hydrogen (secondary N) is 1. The Hall–Kier alpha value is -0.860. The molecule has 2 unspecified atom stereocenters. The summed E-state index contributed by atoms with van der Waals surface area (Å²) in [6, 6.07) is 12.0. The monoisotopic (exact) mass is 232 g/mol. The van der Waals surface area contributed by atoms with Gasteiger partial charge in [-0.15, -0.1) is 0 Å². The minimum Gasteiger partial charge on any atom is -0.313 e. The van der Waals surface area contributed by atoms with Crippen LogP contribution in [-0.2, 0) is 0 Å². The molecule has 0 spiro atoms. The van der Waals surface area contributed by atoms with Crippen LogP contribution in [-0.4, -0.2) is 31.6 Å². The Kier molecular flexibility index (Phi) is 4.57. The Morgan fingerprint density at radius 3 is 2.71 bits per heavy atom. The number of hydrogen-bond acceptors (Lipinski definition) is 2. The van der Waals surface area contributed by atoms with Crippen LogP contribution in [0, 0.1) is 0 Å². The Morgan fingerprint density at radius 2 is 2.06 bits per heavy atom. The molecule has 1 saturated heterocycles. The molecule has 0 radical (unpaired) electrons. The van der Waals surface area contributed by atoms with Crippen LogP contribution in [0.4, 0.5) is 0 Å². The summed E-state index contributed by atoms with van der Waals surface area (Å²) in [5.41, 5.74) is 1.41. The topological polar surface area (TPSA) is 15.3 Å². The number of nitrogens with zero attached hydrogens (tertiary/aromatic N) is 1. The van der Waals surface area contributed by atoms with E-state index in [9.17, 15) is 0 Å². The normalized spacial score (nSPS) is 23.5. The molecule has 1 aliphatic rings. The Balaban J connectivity index is 1.99. The lowest BCUT2D eigenvalue weighted by Gasteiger charge is -2.35. The molecule has 0 bridgehead atoms. The highest BCUT2D eigenvalue weighted by Crippen LogP contribution is 2.25. The summed E-state index contributed by atoms with van der Waals surface area (Å²) in [5, 5.41) is 3.46. The van der Waals surface area contributed by atoms with E-state index >= 15 is 0 Å². The zero-order valence-corrected chi connectivity index (χ0v) is 11.0. The highest BCUT2D eigenvalue weighted by Gasteiger charge is 2.22. The predicted octanol–water partition coefficient (Wildman–Crippen LogP) is 2.82. The number of rotatable bonds is 4. The smallest absolute Gasteiger partial charge is 0.0332 e. The van der Waals surface area contributed by atoms with Gasteiger partial charge in [0.25, 0.3) is 0 Å². The maximum atomic E-state index is 3.46. The predicted molar refractivity (Wildman–Crippen MR) is 73.1 cm³/mol. The van der Waals surface area contributed by atoms with Gasteiger partial charge in [-0.3, -0.25) is 0 Å². The number of benzene rings is 1. The fourth-order valence-corrected chi connectivity index (χ4v) is 2.82. The highest BCUT2D eigenvalue weighted by atomic mass is 15.1. The van der Waals surface area contributed by atoms with Crippen molar-refractivity contribution < 1.29 is 0 Å². The Morgan fingerprint density at radius 1 is 1.29 bits per heavy atom. The lowest BCUT2D eigenvalue weighted by atomic mass is 9.93.